The smallest absolute Gasteiger partial charge is 0.305 e. The van der Waals surface area contributed by atoms with Gasteiger partial charge in [-0.3, -0.25) is 29.0 Å². The molecule has 11 nitrogen and oxygen atoms in total. The zero-order valence-corrected chi connectivity index (χ0v) is 19.4. The van der Waals surface area contributed by atoms with Gasteiger partial charge in [-0.2, -0.15) is 0 Å². The summed E-state index contributed by atoms with van der Waals surface area (Å²) in [5.41, 5.74) is 0.378. The fourth-order valence-electron chi connectivity index (χ4n) is 4.67. The SMILES string of the molecule is O=CC(CC(=O)O)NC(=O)C1CCCN2C(=O)CCC(NC(=O)c3cccc4ccccc34)C(=O)N12. The number of amides is 4. The number of rotatable bonds is 7. The van der Waals surface area contributed by atoms with Crippen LogP contribution in [0.2, 0.25) is 0 Å². The van der Waals surface area contributed by atoms with E-state index in [0.717, 1.165) is 10.4 Å². The maximum Gasteiger partial charge on any atom is 0.305 e. The molecule has 2 aromatic carbocycles. The van der Waals surface area contributed by atoms with Crippen molar-refractivity contribution in [2.45, 2.75) is 50.2 Å². The Hall–Kier alpha value is -4.28. The van der Waals surface area contributed by atoms with E-state index < -0.39 is 48.2 Å². The molecule has 0 aliphatic carbocycles. The van der Waals surface area contributed by atoms with Crippen molar-refractivity contribution in [3.8, 4) is 0 Å². The summed E-state index contributed by atoms with van der Waals surface area (Å²) >= 11 is 0. The molecule has 0 saturated carbocycles. The molecule has 3 unspecified atom stereocenters. The summed E-state index contributed by atoms with van der Waals surface area (Å²) in [4.78, 5) is 74.8. The van der Waals surface area contributed by atoms with Crippen molar-refractivity contribution in [3.05, 3.63) is 48.0 Å². The first-order valence-electron chi connectivity index (χ1n) is 11.7. The van der Waals surface area contributed by atoms with E-state index in [4.69, 9.17) is 5.11 Å². The van der Waals surface area contributed by atoms with Crippen molar-refractivity contribution >= 4 is 46.7 Å². The number of hydrazine groups is 1. The summed E-state index contributed by atoms with van der Waals surface area (Å²) in [6, 6.07) is 9.13. The summed E-state index contributed by atoms with van der Waals surface area (Å²) in [5.74, 6) is -3.46. The maximum atomic E-state index is 13.6. The van der Waals surface area contributed by atoms with Crippen molar-refractivity contribution in [1.82, 2.24) is 20.7 Å². The molecular weight excluding hydrogens is 468 g/mol. The molecule has 188 valence electrons. The van der Waals surface area contributed by atoms with E-state index in [0.29, 0.717) is 23.7 Å². The minimum atomic E-state index is -1.27. The van der Waals surface area contributed by atoms with Crippen molar-refractivity contribution in [1.29, 1.82) is 0 Å². The highest BCUT2D eigenvalue weighted by Gasteiger charge is 2.45. The van der Waals surface area contributed by atoms with Gasteiger partial charge in [0.25, 0.3) is 11.8 Å². The minimum Gasteiger partial charge on any atom is -0.481 e. The van der Waals surface area contributed by atoms with Gasteiger partial charge in [-0.05, 0) is 36.1 Å². The van der Waals surface area contributed by atoms with Crippen LogP contribution in [0.5, 0.6) is 0 Å². The number of hydrogen-bond acceptors (Lipinski definition) is 6. The Kier molecular flexibility index (Phi) is 7.28. The summed E-state index contributed by atoms with van der Waals surface area (Å²) in [6.45, 7) is 0.227. The van der Waals surface area contributed by atoms with Gasteiger partial charge in [0.2, 0.25) is 11.8 Å². The Morgan fingerprint density at radius 3 is 2.58 bits per heavy atom. The Labute approximate surface area is 206 Å². The predicted octanol–water partition coefficient (Wildman–Crippen LogP) is 0.625. The Morgan fingerprint density at radius 2 is 1.83 bits per heavy atom. The number of benzene rings is 2. The number of nitrogens with one attached hydrogen (secondary N) is 2. The molecule has 2 heterocycles. The lowest BCUT2D eigenvalue weighted by Gasteiger charge is -2.43. The van der Waals surface area contributed by atoms with Crippen LogP contribution in [0.1, 0.15) is 42.5 Å². The molecule has 0 bridgehead atoms. The van der Waals surface area contributed by atoms with Crippen LogP contribution in [0.15, 0.2) is 42.5 Å². The fraction of sp³-hybridized carbons (Fsp3) is 0.360. The van der Waals surface area contributed by atoms with Gasteiger partial charge in [-0.15, -0.1) is 0 Å². The number of nitrogens with zero attached hydrogens (tertiary/aromatic N) is 2. The topological polar surface area (TPSA) is 153 Å². The molecule has 2 aliphatic heterocycles. The molecule has 3 N–H and O–H groups in total. The van der Waals surface area contributed by atoms with Crippen LogP contribution in [0.3, 0.4) is 0 Å². The van der Waals surface area contributed by atoms with E-state index in [2.05, 4.69) is 10.6 Å². The highest BCUT2D eigenvalue weighted by Crippen LogP contribution is 2.26. The Bertz CT molecular complexity index is 1220. The third-order valence-electron chi connectivity index (χ3n) is 6.39. The normalized spacial score (nSPS) is 20.8. The number of carbonyl (C=O) groups is 6. The van der Waals surface area contributed by atoms with Gasteiger partial charge in [-0.25, -0.2) is 5.01 Å². The van der Waals surface area contributed by atoms with Crippen LogP contribution >= 0.6 is 0 Å². The third-order valence-corrected chi connectivity index (χ3v) is 6.39. The molecule has 0 aromatic heterocycles. The lowest BCUT2D eigenvalue weighted by atomic mass is 10.0. The maximum absolute atomic E-state index is 13.6. The van der Waals surface area contributed by atoms with E-state index in [9.17, 15) is 28.8 Å². The fourth-order valence-corrected chi connectivity index (χ4v) is 4.67. The van der Waals surface area contributed by atoms with Crippen molar-refractivity contribution < 1.29 is 33.9 Å². The van der Waals surface area contributed by atoms with Crippen LogP contribution in [0, 0.1) is 0 Å². The number of aliphatic carboxylic acids is 1. The number of hydrogen-bond donors (Lipinski definition) is 3. The van der Waals surface area contributed by atoms with Gasteiger partial charge in [0, 0.05) is 18.5 Å². The molecule has 2 aromatic rings. The first-order chi connectivity index (χ1) is 17.3. The molecule has 4 amide bonds. The van der Waals surface area contributed by atoms with E-state index in [1.165, 1.54) is 5.01 Å². The number of aldehydes is 1. The van der Waals surface area contributed by atoms with Gasteiger partial charge >= 0.3 is 5.97 Å². The zero-order chi connectivity index (χ0) is 25.8. The van der Waals surface area contributed by atoms with Crippen molar-refractivity contribution in [2.75, 3.05) is 6.54 Å². The van der Waals surface area contributed by atoms with Crippen LogP contribution in [-0.4, -0.2) is 75.7 Å². The summed E-state index contributed by atoms with van der Waals surface area (Å²) in [5, 5.41) is 17.9. The first-order valence-corrected chi connectivity index (χ1v) is 11.7. The second kappa shape index (κ2) is 10.5. The number of fused-ring (bicyclic) bond motifs is 2. The monoisotopic (exact) mass is 494 g/mol. The van der Waals surface area contributed by atoms with Crippen LogP contribution in [-0.2, 0) is 24.0 Å². The second-order valence-corrected chi connectivity index (χ2v) is 8.80. The lowest BCUT2D eigenvalue weighted by Crippen LogP contribution is -2.64. The molecule has 36 heavy (non-hydrogen) atoms. The van der Waals surface area contributed by atoms with Gasteiger partial charge in [0.15, 0.2) is 0 Å². The van der Waals surface area contributed by atoms with Gasteiger partial charge in [0.05, 0.1) is 12.5 Å². The Balaban J connectivity index is 1.57. The van der Waals surface area contributed by atoms with Crippen molar-refractivity contribution in [3.63, 3.8) is 0 Å². The quantitative estimate of drug-likeness (QED) is 0.477. The molecule has 2 aliphatic rings. The van der Waals surface area contributed by atoms with Crippen molar-refractivity contribution in [2.24, 2.45) is 0 Å². The molecule has 0 spiro atoms. The van der Waals surface area contributed by atoms with E-state index in [1.54, 1.807) is 24.3 Å². The first kappa shape index (κ1) is 24.8. The Morgan fingerprint density at radius 1 is 1.08 bits per heavy atom. The summed E-state index contributed by atoms with van der Waals surface area (Å²) < 4.78 is 0. The molecule has 11 heteroatoms. The van der Waals surface area contributed by atoms with E-state index in [1.807, 2.05) is 18.2 Å². The number of carbonyl (C=O) groups excluding carboxylic acids is 5. The number of carboxylic acids is 1. The summed E-state index contributed by atoms with van der Waals surface area (Å²) in [6.07, 6.45) is 0.408. The average molecular weight is 495 g/mol. The van der Waals surface area contributed by atoms with Crippen LogP contribution < -0.4 is 10.6 Å². The van der Waals surface area contributed by atoms with Crippen LogP contribution in [0.25, 0.3) is 10.8 Å². The molecule has 3 atom stereocenters. The molecule has 2 saturated heterocycles. The van der Waals surface area contributed by atoms with Gasteiger partial charge in [-0.1, -0.05) is 36.4 Å². The predicted molar refractivity (Wildman–Crippen MR) is 126 cm³/mol. The molecule has 2 fully saturated rings. The van der Waals surface area contributed by atoms with E-state index in [-0.39, 0.29) is 31.7 Å². The third kappa shape index (κ3) is 5.04. The highest BCUT2D eigenvalue weighted by molar-refractivity contribution is 6.08. The second-order valence-electron chi connectivity index (χ2n) is 8.80. The van der Waals surface area contributed by atoms with Gasteiger partial charge < -0.3 is 20.5 Å². The van der Waals surface area contributed by atoms with Crippen LogP contribution in [0.4, 0.5) is 0 Å². The molecular formula is C25H26N4O7. The summed E-state index contributed by atoms with van der Waals surface area (Å²) in [7, 11) is 0. The standard InChI is InChI=1S/C25H26N4O7/c30-14-16(13-22(32)33)26-24(35)20-9-4-12-28-21(31)11-10-19(25(36)29(20)28)27-23(34)18-8-3-6-15-5-1-2-7-17(15)18/h1-3,5-8,14,16,19-20H,4,9-13H2,(H,26,35)(H,27,34)(H,32,33). The molecule has 4 rings (SSSR count). The largest absolute Gasteiger partial charge is 0.481 e. The molecule has 0 radical (unpaired) electrons. The lowest BCUT2D eigenvalue weighted by molar-refractivity contribution is -0.176. The number of carboxylic acid groups (broad SMARTS) is 1. The minimum absolute atomic E-state index is 0.00690. The zero-order valence-electron chi connectivity index (χ0n) is 19.4. The van der Waals surface area contributed by atoms with Gasteiger partial charge in [0.1, 0.15) is 18.4 Å². The highest BCUT2D eigenvalue weighted by atomic mass is 16.4. The van der Waals surface area contributed by atoms with E-state index >= 15 is 0 Å². The average Bonchev–Trinajstić information content (AvgIpc) is 2.99.